The number of hydrogen-bond donors (Lipinski definition) is 2. The molecule has 0 saturated heterocycles. The molecule has 41 heavy (non-hydrogen) atoms. The molecule has 2 aliphatic heterocycles. The number of alkyl halides is 1. The molecule has 9 heteroatoms. The predicted octanol–water partition coefficient (Wildman–Crippen LogP) is 3.58. The van der Waals surface area contributed by atoms with Crippen molar-refractivity contribution in [3.63, 3.8) is 0 Å². The first kappa shape index (κ1) is 25.7. The molecule has 3 aliphatic carbocycles. The molecule has 5 aliphatic rings. The van der Waals surface area contributed by atoms with Crippen LogP contribution in [-0.2, 0) is 9.59 Å². The zero-order chi connectivity index (χ0) is 28.3. The number of hydrogen-bond acceptors (Lipinski definition) is 4. The van der Waals surface area contributed by atoms with E-state index in [9.17, 15) is 9.59 Å². The molecule has 3 saturated carbocycles. The molecule has 4 aromatic carbocycles. The molecule has 0 aromatic heterocycles. The van der Waals surface area contributed by atoms with Gasteiger partial charge in [-0.25, -0.2) is 0 Å². The van der Waals surface area contributed by atoms with E-state index in [1.165, 1.54) is 0 Å². The van der Waals surface area contributed by atoms with Gasteiger partial charge in [-0.3, -0.25) is 0 Å². The van der Waals surface area contributed by atoms with Gasteiger partial charge in [0.1, 0.15) is 0 Å². The third kappa shape index (κ3) is 3.31. The van der Waals surface area contributed by atoms with Crippen LogP contribution in [0.15, 0.2) is 66.2 Å². The number of nitrogens with zero attached hydrogens (tertiary/aromatic N) is 2. The van der Waals surface area contributed by atoms with Crippen molar-refractivity contribution in [2.45, 2.75) is 23.2 Å². The zero-order valence-corrected chi connectivity index (χ0v) is 25.6. The molecule has 0 unspecified atom stereocenters. The van der Waals surface area contributed by atoms with Gasteiger partial charge in [0.2, 0.25) is 0 Å². The number of fused-ring (bicyclic) bond motifs is 6. The van der Waals surface area contributed by atoms with Crippen molar-refractivity contribution in [3.8, 4) is 0 Å². The van der Waals surface area contributed by atoms with Crippen LogP contribution in [0.1, 0.15) is 34.3 Å². The van der Waals surface area contributed by atoms with Gasteiger partial charge in [0, 0.05) is 5.39 Å². The van der Waals surface area contributed by atoms with Gasteiger partial charge < -0.3 is 5.73 Å². The first-order valence-electron chi connectivity index (χ1n) is 13.6. The molecule has 2 heterocycles. The van der Waals surface area contributed by atoms with Gasteiger partial charge in [-0.2, -0.15) is 0 Å². The maximum atomic E-state index is 14.1. The second-order valence-electron chi connectivity index (χ2n) is 11.9. The Morgan fingerprint density at radius 2 is 1.37 bits per heavy atom. The molecule has 4 aromatic rings. The average Bonchev–Trinajstić information content (AvgIpc) is 3.50. The van der Waals surface area contributed by atoms with E-state index in [1.54, 1.807) is 5.54 Å². The molecule has 0 radical (unpaired) electrons. The summed E-state index contributed by atoms with van der Waals surface area (Å²) in [6.45, 7) is 0.984. The van der Waals surface area contributed by atoms with Crippen LogP contribution < -0.4 is 41.3 Å². The van der Waals surface area contributed by atoms with Crippen molar-refractivity contribution in [2.75, 3.05) is 34.4 Å². The Bertz CT molecular complexity index is 1870. The molecule has 0 spiro atoms. The second kappa shape index (κ2) is 8.75. The molecule has 208 valence electrons. The van der Waals surface area contributed by atoms with E-state index >= 15 is 0 Å². The maximum absolute atomic E-state index is 14.1. The first-order chi connectivity index (χ1) is 19.8. The summed E-state index contributed by atoms with van der Waals surface area (Å²) >= 11 is 5.61. The van der Waals surface area contributed by atoms with Crippen molar-refractivity contribution >= 4 is 82.2 Å². The number of carbonyl (C=O) groups excluding carboxylic acids is 2. The fourth-order valence-corrected chi connectivity index (χ4v) is 10.4. The number of amides is 2. The average molecular weight is 696 g/mol. The normalized spacial score (nSPS) is 26.8. The van der Waals surface area contributed by atoms with Gasteiger partial charge in [0.15, 0.2) is 0 Å². The standard InChI is InChI=1S/C32H26Cl2IN4O2/c33-11-17-12-38(25-9-23(36)18-5-1-3-7-20(18)27(17)25)29(40)31-14-32(15-31,16-31)30(41)39-13-22(35-34)28-21-8-4-2-6-19(21)24(37)10-26(28)39/h1-11,22H,12-16,36-37H2/q-1/b17-11-/t22-,31?,32?/m1/s1. The van der Waals surface area contributed by atoms with E-state index < -0.39 is 30.9 Å². The van der Waals surface area contributed by atoms with E-state index in [1.807, 2.05) is 64.4 Å². The summed E-state index contributed by atoms with van der Waals surface area (Å²) in [6, 6.07) is 19.8. The van der Waals surface area contributed by atoms with Gasteiger partial charge in [0.05, 0.1) is 0 Å². The van der Waals surface area contributed by atoms with Crippen molar-refractivity contribution in [2.24, 2.45) is 10.8 Å². The molecule has 1 atom stereocenters. The predicted molar refractivity (Wildman–Crippen MR) is 163 cm³/mol. The topological polar surface area (TPSA) is 92.7 Å². The molecular weight excluding hydrogens is 670 g/mol. The molecule has 6 nitrogen and oxygen atoms in total. The number of nitrogen functional groups attached to an aromatic ring is 2. The molecule has 4 N–H and O–H groups in total. The van der Waals surface area contributed by atoms with E-state index in [-0.39, 0.29) is 15.7 Å². The van der Waals surface area contributed by atoms with Gasteiger partial charge in [-0.05, 0) is 0 Å². The molecular formula is C32H26Cl2IN4O2-. The molecule has 2 bridgehead atoms. The number of nitrogens with two attached hydrogens (primary N) is 2. The number of carbonyl (C=O) groups is 2. The van der Waals surface area contributed by atoms with Crippen molar-refractivity contribution in [3.05, 3.63) is 77.3 Å². The van der Waals surface area contributed by atoms with E-state index in [0.717, 1.165) is 49.6 Å². The summed E-state index contributed by atoms with van der Waals surface area (Å²) in [4.78, 5) is 31.9. The second-order valence-corrected chi connectivity index (χ2v) is 15.2. The van der Waals surface area contributed by atoms with Crippen LogP contribution in [0.2, 0.25) is 0 Å². The molecule has 3 fully saturated rings. The van der Waals surface area contributed by atoms with Gasteiger partial charge in [-0.15, -0.1) is 0 Å². The minimum atomic E-state index is -0.657. The van der Waals surface area contributed by atoms with E-state index in [0.29, 0.717) is 43.7 Å². The Kier molecular flexibility index (Phi) is 5.48. The summed E-state index contributed by atoms with van der Waals surface area (Å²) < 4.78 is 0.144. The van der Waals surface area contributed by atoms with Crippen LogP contribution in [0, 0.1) is 10.8 Å². The molecule has 2 amide bonds. The van der Waals surface area contributed by atoms with Crippen LogP contribution >= 0.6 is 20.5 Å². The quantitative estimate of drug-likeness (QED) is 0.195. The number of anilines is 4. The third-order valence-corrected chi connectivity index (χ3v) is 12.9. The summed E-state index contributed by atoms with van der Waals surface area (Å²) in [6.07, 6.45) is 1.67. The van der Waals surface area contributed by atoms with Crippen molar-refractivity contribution in [1.82, 2.24) is 0 Å². The van der Waals surface area contributed by atoms with Gasteiger partial charge >= 0.3 is 211 Å². The van der Waals surface area contributed by atoms with Crippen LogP contribution in [0.4, 0.5) is 22.7 Å². The number of benzene rings is 4. The van der Waals surface area contributed by atoms with Crippen LogP contribution in [0.25, 0.3) is 27.1 Å². The Morgan fingerprint density at radius 3 is 1.98 bits per heavy atom. The third-order valence-electron chi connectivity index (χ3n) is 9.70. The molecule has 9 rings (SSSR count). The SMILES string of the molecule is Nc1cc2c(c3ccccc13)/C(=C\Cl)CN2C(=O)C12CC(C(=O)N3C[C@@H]([I-]Cl)c4c3cc(N)c3ccccc43)(C1)C2. The first-order valence-corrected chi connectivity index (χ1v) is 18.0. The van der Waals surface area contributed by atoms with Gasteiger partial charge in [0.25, 0.3) is 0 Å². The van der Waals surface area contributed by atoms with Crippen LogP contribution in [-0.4, -0.2) is 24.9 Å². The number of rotatable bonds is 3. The summed E-state index contributed by atoms with van der Waals surface area (Å²) in [5.74, 6) is 0.149. The monoisotopic (exact) mass is 695 g/mol. The van der Waals surface area contributed by atoms with Gasteiger partial charge in [-0.1, -0.05) is 35.9 Å². The van der Waals surface area contributed by atoms with Crippen LogP contribution in [0.5, 0.6) is 0 Å². The van der Waals surface area contributed by atoms with Crippen molar-refractivity contribution < 1.29 is 29.7 Å². The fourth-order valence-electron chi connectivity index (χ4n) is 7.93. The zero-order valence-electron chi connectivity index (χ0n) is 22.0. The minimum absolute atomic E-state index is 0.0539. The summed E-state index contributed by atoms with van der Waals surface area (Å²) in [7, 11) is 6.53. The fraction of sp³-hybridized carbons (Fsp3) is 0.250. The summed E-state index contributed by atoms with van der Waals surface area (Å²) in [5.41, 5.74) is 19.4. The number of halogens is 3. The van der Waals surface area contributed by atoms with Crippen LogP contribution in [0.3, 0.4) is 0 Å². The van der Waals surface area contributed by atoms with E-state index in [2.05, 4.69) is 6.07 Å². The van der Waals surface area contributed by atoms with Crippen molar-refractivity contribution in [1.29, 1.82) is 0 Å². The Hall–Kier alpha value is -3.01. The Balaban J connectivity index is 1.09. The summed E-state index contributed by atoms with van der Waals surface area (Å²) in [5, 5.41) is 4.02. The Morgan fingerprint density at radius 1 is 0.829 bits per heavy atom. The Labute approximate surface area is 256 Å². The van der Waals surface area contributed by atoms with E-state index in [4.69, 9.17) is 32.0 Å².